The number of carbonyl (C=O) groups is 1. The average molecular weight is 467 g/mol. The molecule has 0 atom stereocenters. The molecule has 0 unspecified atom stereocenters. The van der Waals surface area contributed by atoms with Crippen LogP contribution in [-0.2, 0) is 11.4 Å². The van der Waals surface area contributed by atoms with Crippen LogP contribution in [0.3, 0.4) is 0 Å². The van der Waals surface area contributed by atoms with E-state index < -0.39 is 10.9 Å². The lowest BCUT2D eigenvalue weighted by atomic mass is 10.2. The number of aryl methyl sites for hydroxylation is 2. The Morgan fingerprint density at radius 1 is 1.24 bits per heavy atom. The highest BCUT2D eigenvalue weighted by Gasteiger charge is 2.23. The summed E-state index contributed by atoms with van der Waals surface area (Å²) in [4.78, 5) is 33.0. The number of hydrogen-bond acceptors (Lipinski definition) is 10. The Bertz CT molecular complexity index is 1580. The number of fused-ring (bicyclic) bond motifs is 3. The van der Waals surface area contributed by atoms with Gasteiger partial charge in [-0.3, -0.25) is 14.8 Å². The number of aromatic nitrogens is 8. The Morgan fingerprint density at radius 2 is 2.03 bits per heavy atom. The van der Waals surface area contributed by atoms with Gasteiger partial charge in [0.25, 0.3) is 0 Å². The first-order valence-electron chi connectivity index (χ1n) is 9.73. The highest BCUT2D eigenvalue weighted by atomic mass is 32.1. The first-order chi connectivity index (χ1) is 15.8. The van der Waals surface area contributed by atoms with Gasteiger partial charge >= 0.3 is 11.7 Å². The Balaban J connectivity index is 1.51. The lowest BCUT2D eigenvalue weighted by Gasteiger charge is -2.03. The molecule has 14 heteroatoms. The maximum absolute atomic E-state index is 12.1. The van der Waals surface area contributed by atoms with E-state index in [2.05, 4.69) is 25.3 Å². The fourth-order valence-corrected chi connectivity index (χ4v) is 4.78. The highest BCUT2D eigenvalue weighted by Crippen LogP contribution is 2.32. The molecule has 5 heterocycles. The van der Waals surface area contributed by atoms with Crippen LogP contribution in [-0.4, -0.2) is 57.1 Å². The van der Waals surface area contributed by atoms with Gasteiger partial charge in [-0.1, -0.05) is 0 Å². The molecule has 0 aliphatic rings. The first kappa shape index (κ1) is 20.7. The highest BCUT2D eigenvalue weighted by molar-refractivity contribution is 7.20. The third-order valence-corrected chi connectivity index (χ3v) is 6.49. The lowest BCUT2D eigenvalue weighted by molar-refractivity contribution is -0.386. The van der Waals surface area contributed by atoms with E-state index in [1.54, 1.807) is 35.3 Å². The number of rotatable bonds is 5. The van der Waals surface area contributed by atoms with Crippen LogP contribution in [0.5, 0.6) is 0 Å². The smallest absolute Gasteiger partial charge is 0.348 e. The molecular formula is C19H17N9O4S. The van der Waals surface area contributed by atoms with Crippen molar-refractivity contribution in [3.8, 4) is 11.5 Å². The van der Waals surface area contributed by atoms with E-state index in [1.807, 2.05) is 6.92 Å². The molecule has 0 aliphatic carbocycles. The van der Waals surface area contributed by atoms with Crippen LogP contribution in [0.25, 0.3) is 27.4 Å². The Kier molecular flexibility index (Phi) is 4.67. The molecule has 0 spiro atoms. The average Bonchev–Trinajstić information content (AvgIpc) is 3.53. The zero-order valence-corrected chi connectivity index (χ0v) is 18.8. The predicted molar refractivity (Wildman–Crippen MR) is 117 cm³/mol. The number of hydrogen-bond donors (Lipinski definition) is 0. The van der Waals surface area contributed by atoms with Crippen molar-refractivity contribution in [2.45, 2.75) is 27.4 Å². The summed E-state index contributed by atoms with van der Waals surface area (Å²) in [7, 11) is 1.34. The molecule has 33 heavy (non-hydrogen) atoms. The van der Waals surface area contributed by atoms with Gasteiger partial charge in [0.05, 0.1) is 17.4 Å². The molecule has 0 aromatic carbocycles. The molecule has 13 nitrogen and oxygen atoms in total. The molecule has 5 rings (SSSR count). The molecule has 0 saturated carbocycles. The van der Waals surface area contributed by atoms with Gasteiger partial charge in [0.2, 0.25) is 5.82 Å². The van der Waals surface area contributed by atoms with E-state index in [4.69, 9.17) is 4.74 Å². The Labute approximate surface area is 189 Å². The van der Waals surface area contributed by atoms with Crippen LogP contribution >= 0.6 is 11.3 Å². The number of esters is 1. The van der Waals surface area contributed by atoms with Gasteiger partial charge in [0, 0.05) is 6.20 Å². The number of nitro groups is 1. The summed E-state index contributed by atoms with van der Waals surface area (Å²) in [5.74, 6) is -0.0378. The molecule has 0 saturated heterocycles. The minimum Gasteiger partial charge on any atom is -0.465 e. The van der Waals surface area contributed by atoms with Gasteiger partial charge in [-0.25, -0.2) is 24.0 Å². The molecule has 0 fully saturated rings. The van der Waals surface area contributed by atoms with E-state index >= 15 is 0 Å². The zero-order chi connectivity index (χ0) is 23.4. The molecular weight excluding hydrogens is 450 g/mol. The normalized spacial score (nSPS) is 11.5. The molecule has 5 aromatic rings. The fourth-order valence-electron chi connectivity index (χ4n) is 3.72. The number of ether oxygens (including phenoxy) is 1. The largest absolute Gasteiger partial charge is 0.465 e. The summed E-state index contributed by atoms with van der Waals surface area (Å²) < 4.78 is 9.53. The second-order valence-corrected chi connectivity index (χ2v) is 8.33. The molecule has 0 N–H and O–H groups in total. The van der Waals surface area contributed by atoms with Crippen LogP contribution in [0.4, 0.5) is 5.69 Å². The summed E-state index contributed by atoms with van der Waals surface area (Å²) in [5.41, 5.74) is 2.60. The Morgan fingerprint density at radius 3 is 2.73 bits per heavy atom. The molecule has 0 amide bonds. The number of thiophene rings is 1. The SMILES string of the molecule is COC(=O)c1sc2ncn3nc(-c4ccn(Cn5nc(C)c([N+](=O)[O-])c5C)n4)nc3c2c1C. The van der Waals surface area contributed by atoms with Crippen LogP contribution in [0.15, 0.2) is 18.6 Å². The predicted octanol–water partition coefficient (Wildman–Crippen LogP) is 2.52. The van der Waals surface area contributed by atoms with Gasteiger partial charge < -0.3 is 4.74 Å². The number of methoxy groups -OCH3 is 1. The van der Waals surface area contributed by atoms with Crippen molar-refractivity contribution in [1.82, 2.24) is 39.1 Å². The van der Waals surface area contributed by atoms with Gasteiger partial charge in [0.15, 0.2) is 5.65 Å². The monoisotopic (exact) mass is 467 g/mol. The maximum Gasteiger partial charge on any atom is 0.348 e. The van der Waals surface area contributed by atoms with Crippen LogP contribution < -0.4 is 0 Å². The van der Waals surface area contributed by atoms with Crippen molar-refractivity contribution in [1.29, 1.82) is 0 Å². The minimum atomic E-state index is -0.434. The molecule has 168 valence electrons. The van der Waals surface area contributed by atoms with Crippen LogP contribution in [0.2, 0.25) is 0 Å². The first-order valence-corrected chi connectivity index (χ1v) is 10.5. The van der Waals surface area contributed by atoms with E-state index in [0.717, 1.165) is 10.9 Å². The van der Waals surface area contributed by atoms with E-state index in [-0.39, 0.29) is 12.4 Å². The number of nitrogens with zero attached hydrogens (tertiary/aromatic N) is 9. The minimum absolute atomic E-state index is 0.00151. The second-order valence-electron chi connectivity index (χ2n) is 7.33. The summed E-state index contributed by atoms with van der Waals surface area (Å²) >= 11 is 1.24. The van der Waals surface area contributed by atoms with E-state index in [0.29, 0.717) is 38.3 Å². The van der Waals surface area contributed by atoms with Crippen molar-refractivity contribution in [3.05, 3.63) is 50.5 Å². The third-order valence-electron chi connectivity index (χ3n) is 5.31. The van der Waals surface area contributed by atoms with Crippen molar-refractivity contribution in [3.63, 3.8) is 0 Å². The topological polar surface area (TPSA) is 148 Å². The summed E-state index contributed by atoms with van der Waals surface area (Å²) in [6, 6.07) is 1.75. The zero-order valence-electron chi connectivity index (χ0n) is 18.0. The molecule has 0 radical (unpaired) electrons. The van der Waals surface area contributed by atoms with Crippen molar-refractivity contribution < 1.29 is 14.5 Å². The van der Waals surface area contributed by atoms with Crippen molar-refractivity contribution in [2.24, 2.45) is 0 Å². The lowest BCUT2D eigenvalue weighted by Crippen LogP contribution is -2.11. The van der Waals surface area contributed by atoms with Crippen molar-refractivity contribution >= 4 is 38.9 Å². The molecule has 0 bridgehead atoms. The Hall–Kier alpha value is -4.20. The van der Waals surface area contributed by atoms with Gasteiger partial charge in [-0.2, -0.15) is 10.2 Å². The summed E-state index contributed by atoms with van der Waals surface area (Å²) in [6.45, 7) is 5.27. The van der Waals surface area contributed by atoms with E-state index in [1.165, 1.54) is 29.5 Å². The van der Waals surface area contributed by atoms with Gasteiger partial charge in [0.1, 0.15) is 39.8 Å². The summed E-state index contributed by atoms with van der Waals surface area (Å²) in [6.07, 6.45) is 3.26. The van der Waals surface area contributed by atoms with Crippen LogP contribution in [0.1, 0.15) is 26.6 Å². The fraction of sp³-hybridized carbons (Fsp3) is 0.263. The van der Waals surface area contributed by atoms with Gasteiger partial charge in [-0.15, -0.1) is 16.4 Å². The van der Waals surface area contributed by atoms with E-state index in [9.17, 15) is 14.9 Å². The quantitative estimate of drug-likeness (QED) is 0.216. The molecule has 0 aliphatic heterocycles. The number of carbonyl (C=O) groups excluding carboxylic acids is 1. The van der Waals surface area contributed by atoms with Crippen LogP contribution in [0, 0.1) is 30.9 Å². The van der Waals surface area contributed by atoms with Gasteiger partial charge in [-0.05, 0) is 32.4 Å². The molecule has 5 aromatic heterocycles. The third kappa shape index (κ3) is 3.22. The summed E-state index contributed by atoms with van der Waals surface area (Å²) in [5, 5.41) is 25.2. The maximum atomic E-state index is 12.1. The standard InChI is InChI=1S/C19H17N9O4S/c1-9-13-17-21-16(24-26(17)7-20-18(13)33-15(9)19(29)32-4)12-5-6-25(23-12)8-27-11(3)14(28(30)31)10(2)22-27/h5-7H,8H2,1-4H3. The second kappa shape index (κ2) is 7.44. The van der Waals surface area contributed by atoms with Crippen molar-refractivity contribution in [2.75, 3.05) is 7.11 Å².